The molecule has 0 fully saturated rings. The number of carbonyl (C=O) groups excluding carboxylic acids is 2. The van der Waals surface area contributed by atoms with Crippen molar-refractivity contribution in [1.29, 1.82) is 0 Å². The van der Waals surface area contributed by atoms with Crippen LogP contribution in [0.25, 0.3) is 0 Å². The van der Waals surface area contributed by atoms with Crippen LogP contribution in [0.15, 0.2) is 72.8 Å². The van der Waals surface area contributed by atoms with Gasteiger partial charge in [0, 0.05) is 45.4 Å². The minimum absolute atomic E-state index is 0. The molecule has 0 aliphatic rings. The molecule has 0 amide bonds. The number of halogens is 4. The number of carbonyl (C=O) groups is 2. The average Bonchev–Trinajstić information content (AvgIpc) is 2.67. The number of nitrogens with zero attached hydrogens (tertiary/aromatic N) is 2. The molecule has 0 radical (unpaired) electrons. The van der Waals surface area contributed by atoms with Crippen LogP contribution in [0.3, 0.4) is 0 Å². The van der Waals surface area contributed by atoms with Crippen LogP contribution in [0, 0.1) is 0 Å². The summed E-state index contributed by atoms with van der Waals surface area (Å²) in [6.45, 7) is 8.68. The molecule has 5 nitrogen and oxygen atoms in total. The molecule has 0 aliphatic carbocycles. The van der Waals surface area contributed by atoms with E-state index in [1.807, 2.05) is 38.0 Å². The van der Waals surface area contributed by atoms with Crippen molar-refractivity contribution in [3.8, 4) is 0 Å². The number of likely N-dealkylation sites (N-methyl/N-ethyl adjacent to an activating group) is 2. The highest BCUT2D eigenvalue weighted by atomic mass is 35.5. The zero-order valence-electron chi connectivity index (χ0n) is 19.2. The predicted molar refractivity (Wildman–Crippen MR) is 145 cm³/mol. The largest absolute Gasteiger partial charge is 0.412 e. The highest BCUT2D eigenvalue weighted by Crippen LogP contribution is 2.14. The molecule has 0 spiro atoms. The Hall–Kier alpha value is -1.70. The second kappa shape index (κ2) is 17.7. The topological polar surface area (TPSA) is 72.1 Å². The average molecular weight is 538 g/mol. The van der Waals surface area contributed by atoms with Crippen LogP contribution in [-0.4, -0.2) is 68.1 Å². The van der Waals surface area contributed by atoms with E-state index in [4.69, 9.17) is 23.2 Å². The molecule has 0 heterocycles. The van der Waals surface area contributed by atoms with Crippen LogP contribution in [0.4, 0.5) is 0 Å². The van der Waals surface area contributed by atoms with Gasteiger partial charge >= 0.3 is 0 Å². The van der Waals surface area contributed by atoms with Crippen molar-refractivity contribution in [2.45, 2.75) is 0 Å². The van der Waals surface area contributed by atoms with Gasteiger partial charge in [0.25, 0.3) is 0 Å². The summed E-state index contributed by atoms with van der Waals surface area (Å²) in [5.41, 5.74) is 2.43. The third kappa shape index (κ3) is 13.6. The Bertz CT molecular complexity index is 821. The normalized spacial score (nSPS) is 9.45. The minimum atomic E-state index is -0.0274. The van der Waals surface area contributed by atoms with Crippen molar-refractivity contribution < 1.29 is 15.1 Å². The summed E-state index contributed by atoms with van der Waals surface area (Å²) >= 11 is 11.5. The standard InChI is InChI=1S/2C12H14ClNO.2ClH.H2O/c2*1-9(8-14(2)3)12(15)10-4-6-11(13)7-5-10;;;/h2*4-7H,1,8H2,2-3H3;2*1H;1H2. The third-order valence-corrected chi connectivity index (χ3v) is 4.37. The zero-order valence-corrected chi connectivity index (χ0v) is 22.4. The number of Topliss-reactive ketones (excluding diaryl/α,β-unsaturated/α-hetero) is 2. The fraction of sp³-hybridized carbons (Fsp3) is 0.250. The Labute approximate surface area is 219 Å². The molecule has 2 N–H and O–H groups in total. The lowest BCUT2D eigenvalue weighted by Crippen LogP contribution is -2.19. The van der Waals surface area contributed by atoms with Crippen molar-refractivity contribution in [3.63, 3.8) is 0 Å². The van der Waals surface area contributed by atoms with Crippen LogP contribution in [0.1, 0.15) is 20.7 Å². The molecule has 0 saturated heterocycles. The van der Waals surface area contributed by atoms with Crippen LogP contribution in [-0.2, 0) is 0 Å². The van der Waals surface area contributed by atoms with E-state index < -0.39 is 0 Å². The highest BCUT2D eigenvalue weighted by molar-refractivity contribution is 6.31. The molecule has 2 aromatic rings. The number of hydrogen-bond donors (Lipinski definition) is 0. The molecule has 0 aromatic heterocycles. The Morgan fingerprint density at radius 1 is 0.667 bits per heavy atom. The summed E-state index contributed by atoms with van der Waals surface area (Å²) in [6.07, 6.45) is 0. The van der Waals surface area contributed by atoms with Gasteiger partial charge in [-0.1, -0.05) is 36.4 Å². The fourth-order valence-corrected chi connectivity index (χ4v) is 2.77. The molecule has 0 aliphatic heterocycles. The van der Waals surface area contributed by atoms with Gasteiger partial charge in [-0.05, 0) is 76.7 Å². The molecule has 2 rings (SSSR count). The predicted octanol–water partition coefficient (Wildman–Crippen LogP) is 5.30. The second-order valence-electron chi connectivity index (χ2n) is 7.35. The summed E-state index contributed by atoms with van der Waals surface area (Å²) in [5.74, 6) is -0.0549. The summed E-state index contributed by atoms with van der Waals surface area (Å²) < 4.78 is 0. The maximum absolute atomic E-state index is 11.8. The van der Waals surface area contributed by atoms with Crippen molar-refractivity contribution in [2.24, 2.45) is 0 Å². The monoisotopic (exact) mass is 536 g/mol. The summed E-state index contributed by atoms with van der Waals surface area (Å²) in [4.78, 5) is 27.5. The summed E-state index contributed by atoms with van der Waals surface area (Å²) in [5, 5.41) is 1.26. The van der Waals surface area contributed by atoms with Crippen LogP contribution < -0.4 is 0 Å². The molecule has 2 aromatic carbocycles. The van der Waals surface area contributed by atoms with Gasteiger partial charge in [-0.3, -0.25) is 9.59 Å². The zero-order chi connectivity index (χ0) is 22.8. The Morgan fingerprint density at radius 3 is 1.12 bits per heavy atom. The van der Waals surface area contributed by atoms with Gasteiger partial charge in [-0.25, -0.2) is 0 Å². The number of hydrogen-bond acceptors (Lipinski definition) is 4. The van der Waals surface area contributed by atoms with Crippen LogP contribution in [0.5, 0.6) is 0 Å². The molecule has 9 heteroatoms. The maximum Gasteiger partial charge on any atom is 0.189 e. The third-order valence-electron chi connectivity index (χ3n) is 3.87. The first-order valence-electron chi connectivity index (χ1n) is 9.26. The van der Waals surface area contributed by atoms with Crippen molar-refractivity contribution >= 4 is 59.6 Å². The van der Waals surface area contributed by atoms with E-state index in [-0.39, 0.29) is 41.9 Å². The molecule has 0 bridgehead atoms. The van der Waals surface area contributed by atoms with E-state index in [1.165, 1.54) is 0 Å². The van der Waals surface area contributed by atoms with Gasteiger partial charge in [0.1, 0.15) is 0 Å². The molecule has 0 unspecified atom stereocenters. The lowest BCUT2D eigenvalue weighted by Gasteiger charge is -2.11. The molecule has 0 atom stereocenters. The van der Waals surface area contributed by atoms with E-state index in [0.29, 0.717) is 45.4 Å². The Kier molecular flexibility index (Phi) is 19.3. The van der Waals surface area contributed by atoms with E-state index in [1.54, 1.807) is 48.5 Å². The van der Waals surface area contributed by atoms with Gasteiger partial charge in [0.15, 0.2) is 11.6 Å². The van der Waals surface area contributed by atoms with Gasteiger partial charge in [0.2, 0.25) is 0 Å². The van der Waals surface area contributed by atoms with Crippen LogP contribution in [0.2, 0.25) is 10.0 Å². The Morgan fingerprint density at radius 2 is 0.909 bits per heavy atom. The molecule has 184 valence electrons. The molecule has 0 saturated carbocycles. The minimum Gasteiger partial charge on any atom is -0.412 e. The summed E-state index contributed by atoms with van der Waals surface area (Å²) in [6, 6.07) is 13.7. The van der Waals surface area contributed by atoms with E-state index in [0.717, 1.165) is 0 Å². The lowest BCUT2D eigenvalue weighted by atomic mass is 10.0. The summed E-state index contributed by atoms with van der Waals surface area (Å²) in [7, 11) is 7.61. The quantitative estimate of drug-likeness (QED) is 0.338. The number of rotatable bonds is 8. The molecular formula is C24H32Cl4N2O3. The van der Waals surface area contributed by atoms with Gasteiger partial charge in [0.05, 0.1) is 0 Å². The van der Waals surface area contributed by atoms with E-state index in [9.17, 15) is 9.59 Å². The van der Waals surface area contributed by atoms with Gasteiger partial charge in [-0.2, -0.15) is 0 Å². The first-order valence-corrected chi connectivity index (χ1v) is 10.0. The maximum atomic E-state index is 11.8. The number of benzene rings is 2. The highest BCUT2D eigenvalue weighted by Gasteiger charge is 2.11. The lowest BCUT2D eigenvalue weighted by molar-refractivity contribution is 0.102. The van der Waals surface area contributed by atoms with E-state index >= 15 is 0 Å². The van der Waals surface area contributed by atoms with E-state index in [2.05, 4.69) is 13.2 Å². The Balaban J connectivity index is -0.000000500. The van der Waals surface area contributed by atoms with Gasteiger partial charge < -0.3 is 15.3 Å². The number of ketones is 2. The first-order chi connectivity index (χ1) is 14.0. The first kappa shape index (κ1) is 35.9. The van der Waals surface area contributed by atoms with Crippen LogP contribution >= 0.6 is 48.0 Å². The van der Waals surface area contributed by atoms with Crippen molar-refractivity contribution in [2.75, 3.05) is 41.3 Å². The molecule has 33 heavy (non-hydrogen) atoms. The second-order valence-corrected chi connectivity index (χ2v) is 8.23. The van der Waals surface area contributed by atoms with Crippen molar-refractivity contribution in [3.05, 3.63) is 94.0 Å². The molecular weight excluding hydrogens is 506 g/mol. The fourth-order valence-electron chi connectivity index (χ4n) is 2.52. The van der Waals surface area contributed by atoms with Gasteiger partial charge in [-0.15, -0.1) is 24.8 Å². The smallest absolute Gasteiger partial charge is 0.189 e. The SMILES string of the molecule is C=C(CN(C)C)C(=O)c1ccc(Cl)cc1.C=C(CN(C)C)C(=O)c1ccc(Cl)cc1.Cl.Cl.O. The van der Waals surface area contributed by atoms with Crippen molar-refractivity contribution in [1.82, 2.24) is 9.80 Å².